The van der Waals surface area contributed by atoms with Crippen LogP contribution in [0.5, 0.6) is 0 Å². The van der Waals surface area contributed by atoms with Gasteiger partial charge in [-0.15, -0.1) is 0 Å². The Bertz CT molecular complexity index is 7310. The normalized spacial score (nSPS) is 12.1. The van der Waals surface area contributed by atoms with E-state index in [9.17, 15) is 0 Å². The standard InChI is InChI=1S/2C60H48F4N2/c1-59(2,3)41-17-13-15-39(31-41)47-33-55(51(63)35-49(47)61)65(43-19-9-7-10-20-43)53-29-25-37-24-28-46-54(30-26-38-23-27-45(53)57(37)58(38)46)66(44-21-11-8-12-22-44)56-34-48(50(62)36-52(56)64)40-16-14-18-42(32-40)60(4,5)6;1-59(2,3)41-25-17-37(18-26-41)47-33-55(51(63)35-49(47)61)65(43-13-9-7-10-14-43)53-31-23-39-22-30-46-54(32-24-40-21-29-45(53)57(39)58(40)46)66(44-15-11-8-12-16-44)56-34-48(50(62)36-52(56)64)38-19-27-42(28-20-38)60(4,5)6/h2*7-36H,1-6H3. The van der Waals surface area contributed by atoms with Gasteiger partial charge in [0.25, 0.3) is 0 Å². The molecule has 0 aliphatic carbocycles. The molecule has 132 heavy (non-hydrogen) atoms. The van der Waals surface area contributed by atoms with Crippen molar-refractivity contribution in [2.24, 2.45) is 0 Å². The Morgan fingerprint density at radius 3 is 0.614 bits per heavy atom. The van der Waals surface area contributed by atoms with E-state index in [4.69, 9.17) is 0 Å². The third kappa shape index (κ3) is 16.1. The lowest BCUT2D eigenvalue weighted by Gasteiger charge is -2.30. The first-order valence-electron chi connectivity index (χ1n) is 44.5. The number of anilines is 12. The molecule has 0 aliphatic heterocycles. The summed E-state index contributed by atoms with van der Waals surface area (Å²) in [5.41, 5.74) is 13.8. The maximum absolute atomic E-state index is 16.6. The van der Waals surface area contributed by atoms with Gasteiger partial charge in [-0.25, -0.2) is 35.1 Å². The molecule has 0 radical (unpaired) electrons. The average Bonchev–Trinajstić information content (AvgIpc) is 0.719. The highest BCUT2D eigenvalue weighted by Crippen LogP contribution is 2.54. The molecule has 20 aromatic rings. The van der Waals surface area contributed by atoms with Crippen molar-refractivity contribution in [3.05, 3.63) is 433 Å². The number of hydrogen-bond acceptors (Lipinski definition) is 4. The summed E-state index contributed by atoms with van der Waals surface area (Å²) in [6.45, 7) is 25.4. The average molecular weight is 1750 g/mol. The zero-order valence-corrected chi connectivity index (χ0v) is 75.5. The molecule has 0 fully saturated rings. The first-order valence-corrected chi connectivity index (χ1v) is 44.5. The summed E-state index contributed by atoms with van der Waals surface area (Å²) in [6.07, 6.45) is 0. The summed E-state index contributed by atoms with van der Waals surface area (Å²) in [7, 11) is 0. The van der Waals surface area contributed by atoms with Gasteiger partial charge in [-0.05, 0) is 206 Å². The van der Waals surface area contributed by atoms with Gasteiger partial charge < -0.3 is 19.6 Å². The Morgan fingerprint density at radius 1 is 0.167 bits per heavy atom. The largest absolute Gasteiger partial charge is 0.307 e. The number of hydrogen-bond donors (Lipinski definition) is 0. The van der Waals surface area contributed by atoms with Gasteiger partial charge in [-0.3, -0.25) is 0 Å². The lowest BCUT2D eigenvalue weighted by Crippen LogP contribution is -2.14. The highest BCUT2D eigenvalue weighted by atomic mass is 19.2. The predicted molar refractivity (Wildman–Crippen MR) is 535 cm³/mol. The van der Waals surface area contributed by atoms with Crippen LogP contribution in [-0.4, -0.2) is 0 Å². The number of para-hydroxylation sites is 4. The molecule has 0 aliphatic rings. The monoisotopic (exact) mass is 1740 g/mol. The molecule has 20 rings (SSSR count). The van der Waals surface area contributed by atoms with Crippen LogP contribution < -0.4 is 19.6 Å². The molecule has 12 heteroatoms. The highest BCUT2D eigenvalue weighted by Gasteiger charge is 2.32. The summed E-state index contributed by atoms with van der Waals surface area (Å²) >= 11 is 0. The van der Waals surface area contributed by atoms with Crippen molar-refractivity contribution in [3.8, 4) is 44.5 Å². The third-order valence-electron chi connectivity index (χ3n) is 25.6. The van der Waals surface area contributed by atoms with E-state index < -0.39 is 46.5 Å². The van der Waals surface area contributed by atoms with Gasteiger partial charge in [0.15, 0.2) is 0 Å². The van der Waals surface area contributed by atoms with Crippen LogP contribution in [0.4, 0.5) is 103 Å². The van der Waals surface area contributed by atoms with Gasteiger partial charge in [0.05, 0.1) is 45.5 Å². The molecule has 0 N–H and O–H groups in total. The zero-order valence-electron chi connectivity index (χ0n) is 75.5. The van der Waals surface area contributed by atoms with Crippen molar-refractivity contribution in [3.63, 3.8) is 0 Å². The van der Waals surface area contributed by atoms with E-state index >= 15 is 35.1 Å². The van der Waals surface area contributed by atoms with Crippen LogP contribution in [0.25, 0.3) is 109 Å². The quantitative estimate of drug-likeness (QED) is 0.0706. The SMILES string of the molecule is CC(C)(C)c1ccc(-c2cc(N(c3ccccc3)c3ccc4ccc5c(N(c6ccccc6)c6cc(-c7ccc(C(C)(C)C)cc7)c(F)cc6F)ccc6ccc3c4c65)c(F)cc2F)cc1.CC(C)(C)c1cccc(-c2cc(N(c3ccccc3)c3ccc4ccc5c(N(c6ccccc6)c6cc(-c7cccc(C(C)(C)C)c7)c(F)cc6F)ccc6ccc3c4c65)c(F)cc2F)c1. The second-order valence-electron chi connectivity index (χ2n) is 38.3. The topological polar surface area (TPSA) is 13.0 Å². The molecule has 652 valence electrons. The fraction of sp³-hybridized carbons (Fsp3) is 0.133. The van der Waals surface area contributed by atoms with E-state index in [1.807, 2.05) is 287 Å². The molecule has 0 bridgehead atoms. The van der Waals surface area contributed by atoms with Gasteiger partial charge in [0, 0.05) is 90.8 Å². The maximum Gasteiger partial charge on any atom is 0.150 e. The van der Waals surface area contributed by atoms with Gasteiger partial charge in [-0.2, -0.15) is 0 Å². The second kappa shape index (κ2) is 33.9. The predicted octanol–water partition coefficient (Wildman–Crippen LogP) is 36.0. The highest BCUT2D eigenvalue weighted by molar-refractivity contribution is 6.30. The Kier molecular flexibility index (Phi) is 22.2. The summed E-state index contributed by atoms with van der Waals surface area (Å²) in [5, 5.41) is 10.9. The second-order valence-corrected chi connectivity index (χ2v) is 38.3. The lowest BCUT2D eigenvalue weighted by molar-refractivity contribution is 0.584. The minimum Gasteiger partial charge on any atom is -0.307 e. The van der Waals surface area contributed by atoms with E-state index in [0.717, 1.165) is 111 Å². The van der Waals surface area contributed by atoms with Crippen molar-refractivity contribution in [1.29, 1.82) is 0 Å². The van der Waals surface area contributed by atoms with Gasteiger partial charge >= 0.3 is 0 Å². The van der Waals surface area contributed by atoms with Crippen molar-refractivity contribution in [2.45, 2.75) is 105 Å². The molecule has 0 heterocycles. The van der Waals surface area contributed by atoms with Gasteiger partial charge in [0.1, 0.15) is 46.5 Å². The Labute approximate surface area is 764 Å². The summed E-state index contributed by atoms with van der Waals surface area (Å²) < 4.78 is 130. The van der Waals surface area contributed by atoms with Gasteiger partial charge in [0.2, 0.25) is 0 Å². The van der Waals surface area contributed by atoms with Crippen LogP contribution in [0.15, 0.2) is 364 Å². The van der Waals surface area contributed by atoms with Crippen LogP contribution in [0.2, 0.25) is 0 Å². The van der Waals surface area contributed by atoms with Crippen LogP contribution in [0.3, 0.4) is 0 Å². The number of halogens is 8. The molecule has 0 unspecified atom stereocenters. The van der Waals surface area contributed by atoms with Crippen molar-refractivity contribution < 1.29 is 35.1 Å². The zero-order chi connectivity index (χ0) is 92.1. The molecule has 0 amide bonds. The smallest absolute Gasteiger partial charge is 0.150 e. The van der Waals surface area contributed by atoms with Gasteiger partial charge in [-0.1, -0.05) is 326 Å². The minimum absolute atomic E-state index is 0.0924. The molecule has 20 aromatic carbocycles. The Balaban J connectivity index is 0.000000170. The fourth-order valence-corrected chi connectivity index (χ4v) is 18.6. The molecular formula is C120H96F8N4. The lowest BCUT2D eigenvalue weighted by atomic mass is 9.85. The first-order chi connectivity index (χ1) is 63.3. The van der Waals surface area contributed by atoms with E-state index in [1.54, 1.807) is 24.3 Å². The number of rotatable bonds is 16. The fourth-order valence-electron chi connectivity index (χ4n) is 18.6. The summed E-state index contributed by atoms with van der Waals surface area (Å²) in [5.74, 6) is -5.42. The van der Waals surface area contributed by atoms with E-state index in [2.05, 4.69) is 132 Å². The summed E-state index contributed by atoms with van der Waals surface area (Å²) in [4.78, 5) is 7.43. The minimum atomic E-state index is -0.705. The molecule has 0 saturated heterocycles. The molecule has 0 atom stereocenters. The molecule has 4 nitrogen and oxygen atoms in total. The third-order valence-corrected chi connectivity index (χ3v) is 25.6. The van der Waals surface area contributed by atoms with Crippen LogP contribution >= 0.6 is 0 Å². The number of nitrogens with zero attached hydrogens (tertiary/aromatic N) is 4. The van der Waals surface area contributed by atoms with Crippen molar-refractivity contribution in [1.82, 2.24) is 0 Å². The van der Waals surface area contributed by atoms with Crippen LogP contribution in [0, 0.1) is 46.5 Å². The molecule has 0 saturated carbocycles. The Hall–Kier alpha value is -14.9. The van der Waals surface area contributed by atoms with Crippen molar-refractivity contribution in [2.75, 3.05) is 19.6 Å². The van der Waals surface area contributed by atoms with E-state index in [0.29, 0.717) is 78.9 Å². The Morgan fingerprint density at radius 2 is 0.386 bits per heavy atom. The van der Waals surface area contributed by atoms with Crippen LogP contribution in [-0.2, 0) is 21.7 Å². The molecule has 0 spiro atoms. The number of benzene rings is 20. The maximum atomic E-state index is 16.6. The first kappa shape index (κ1) is 86.5. The van der Waals surface area contributed by atoms with E-state index in [1.165, 1.54) is 0 Å². The van der Waals surface area contributed by atoms with Crippen LogP contribution in [0.1, 0.15) is 105 Å². The molecular weight excluding hydrogens is 1650 g/mol. The summed E-state index contributed by atoms with van der Waals surface area (Å²) in [6, 6.07) is 112. The molecule has 0 aromatic heterocycles. The van der Waals surface area contributed by atoms with E-state index in [-0.39, 0.29) is 55.5 Å². The van der Waals surface area contributed by atoms with Crippen molar-refractivity contribution >= 4 is 133 Å².